The van der Waals surface area contributed by atoms with Crippen LogP contribution in [0.2, 0.25) is 0 Å². The Labute approximate surface area is 187 Å². The molecule has 2 aliphatic heterocycles. The van der Waals surface area contributed by atoms with Gasteiger partial charge in [-0.1, -0.05) is 0 Å². The summed E-state index contributed by atoms with van der Waals surface area (Å²) < 4.78 is 2.34. The molecule has 0 unspecified atom stereocenters. The molecule has 0 fully saturated rings. The molecule has 2 bridgehead atoms. The van der Waals surface area contributed by atoms with E-state index in [1.54, 1.807) is 48.5 Å². The van der Waals surface area contributed by atoms with Gasteiger partial charge in [0.25, 0.3) is 0 Å². The maximum atomic E-state index is 10.3. The van der Waals surface area contributed by atoms with E-state index < -0.39 is 21.2 Å². The third-order valence-corrected chi connectivity index (χ3v) is 9.13. The second-order valence-corrected chi connectivity index (χ2v) is 10.3. The molecule has 31 heavy (non-hydrogen) atoms. The van der Waals surface area contributed by atoms with Gasteiger partial charge in [0.2, 0.25) is 0 Å². The van der Waals surface area contributed by atoms with Gasteiger partial charge in [-0.3, -0.25) is 0 Å². The van der Waals surface area contributed by atoms with Gasteiger partial charge in [0.05, 0.1) is 0 Å². The van der Waals surface area contributed by atoms with E-state index in [9.17, 15) is 20.4 Å². The van der Waals surface area contributed by atoms with Crippen LogP contribution in [0.25, 0.3) is 18.3 Å². The summed E-state index contributed by atoms with van der Waals surface area (Å²) in [6.07, 6.45) is 0. The second-order valence-electron chi connectivity index (χ2n) is 7.64. The molecule has 6 rings (SSSR count). The number of hydrogen-bond donors (Lipinski definition) is 4. The van der Waals surface area contributed by atoms with Crippen LogP contribution in [0.4, 0.5) is 0 Å². The van der Waals surface area contributed by atoms with Crippen molar-refractivity contribution < 1.29 is 41.6 Å². The molecule has 0 saturated heterocycles. The fourth-order valence-corrected chi connectivity index (χ4v) is 7.96. The molecule has 2 heterocycles. The number of rotatable bonds is 0. The zero-order valence-corrected chi connectivity index (χ0v) is 18.3. The maximum absolute atomic E-state index is 10.3. The SMILES string of the molecule is Oc1ccc2c(c1)-c1cc(O)ccc1C1=c3ccc(O)cc3=c3cc(O)ccc3=C2[I-]1. The van der Waals surface area contributed by atoms with E-state index in [0.717, 1.165) is 43.1 Å². The zero-order valence-electron chi connectivity index (χ0n) is 16.1. The molecule has 0 atom stereocenters. The van der Waals surface area contributed by atoms with Crippen LogP contribution in [0, 0.1) is 10.4 Å². The van der Waals surface area contributed by atoms with Crippen LogP contribution in [0.3, 0.4) is 0 Å². The number of benzene rings is 4. The molecule has 4 aromatic carbocycles. The van der Waals surface area contributed by atoms with Crippen molar-refractivity contribution >= 4 is 7.16 Å². The van der Waals surface area contributed by atoms with Gasteiger partial charge in [-0.05, 0) is 0 Å². The number of halogens is 1. The molecule has 4 aromatic rings. The third kappa shape index (κ3) is 2.73. The van der Waals surface area contributed by atoms with Crippen LogP contribution in [-0.4, -0.2) is 20.4 Å². The molecule has 0 radical (unpaired) electrons. The Kier molecular flexibility index (Phi) is 3.86. The normalized spacial score (nSPS) is 13.7. The van der Waals surface area contributed by atoms with Crippen molar-refractivity contribution in [2.75, 3.05) is 0 Å². The molecule has 4 nitrogen and oxygen atoms in total. The van der Waals surface area contributed by atoms with E-state index in [1.165, 1.54) is 7.16 Å². The standard InChI is InChI=1S/C26H16IO4/c28-13-1-5-17-21(9-13)22-10-14(29)3-7-19(22)26-20-8-4-16(31)12-24(20)23-11-15(30)2-6-18(23)25(17)27-26/h1-12,28-31H/q-1. The van der Waals surface area contributed by atoms with E-state index in [2.05, 4.69) is 0 Å². The van der Waals surface area contributed by atoms with Gasteiger partial charge >= 0.3 is 188 Å². The fraction of sp³-hybridized carbons (Fsp3) is 0. The summed E-state index contributed by atoms with van der Waals surface area (Å²) in [5.41, 5.74) is 3.77. The van der Waals surface area contributed by atoms with Crippen molar-refractivity contribution in [2.24, 2.45) is 0 Å². The van der Waals surface area contributed by atoms with Crippen molar-refractivity contribution in [1.82, 2.24) is 0 Å². The van der Waals surface area contributed by atoms with Crippen molar-refractivity contribution in [3.63, 3.8) is 0 Å². The van der Waals surface area contributed by atoms with Gasteiger partial charge in [0.1, 0.15) is 0 Å². The van der Waals surface area contributed by atoms with Crippen LogP contribution < -0.4 is 31.6 Å². The fourth-order valence-electron chi connectivity index (χ4n) is 4.37. The number of aromatic hydroxyl groups is 4. The Morgan fingerprint density at radius 2 is 0.774 bits per heavy atom. The zero-order chi connectivity index (χ0) is 21.3. The molecule has 5 heteroatoms. The molecule has 0 aliphatic carbocycles. The van der Waals surface area contributed by atoms with Gasteiger partial charge in [-0.25, -0.2) is 0 Å². The Balaban J connectivity index is 1.99. The molecule has 0 amide bonds. The molecule has 0 saturated carbocycles. The first-order chi connectivity index (χ1) is 15.0. The molecular formula is C26H16IO4-. The summed E-state index contributed by atoms with van der Waals surface area (Å²) in [7, 11) is 0. The van der Waals surface area contributed by atoms with Crippen molar-refractivity contribution in [2.45, 2.75) is 0 Å². The van der Waals surface area contributed by atoms with Crippen molar-refractivity contribution in [1.29, 1.82) is 0 Å². The van der Waals surface area contributed by atoms with Crippen LogP contribution in [0.15, 0.2) is 72.8 Å². The van der Waals surface area contributed by atoms with Gasteiger partial charge in [0, 0.05) is 0 Å². The van der Waals surface area contributed by atoms with Gasteiger partial charge in [-0.15, -0.1) is 0 Å². The van der Waals surface area contributed by atoms with Crippen molar-refractivity contribution in [3.05, 3.63) is 105 Å². The summed E-state index contributed by atoms with van der Waals surface area (Å²) in [4.78, 5) is 0. The molecular weight excluding hydrogens is 503 g/mol. The van der Waals surface area contributed by atoms with Gasteiger partial charge in [0.15, 0.2) is 0 Å². The Morgan fingerprint density at radius 3 is 1.23 bits per heavy atom. The van der Waals surface area contributed by atoms with Gasteiger partial charge < -0.3 is 0 Å². The minimum absolute atomic E-state index is 0.169. The van der Waals surface area contributed by atoms with E-state index in [0.29, 0.717) is 0 Å². The number of fused-ring (bicyclic) bond motifs is 9. The number of hydrogen-bond acceptors (Lipinski definition) is 4. The van der Waals surface area contributed by atoms with Gasteiger partial charge in [-0.2, -0.15) is 0 Å². The quantitative estimate of drug-likeness (QED) is 0.250. The first-order valence-electron chi connectivity index (χ1n) is 9.72. The number of phenolic OH excluding ortho intramolecular Hbond substituents is 4. The molecule has 0 aromatic heterocycles. The first kappa shape index (κ1) is 18.3. The predicted octanol–water partition coefficient (Wildman–Crippen LogP) is 0.192. The molecule has 2 aliphatic rings. The van der Waals surface area contributed by atoms with Crippen LogP contribution in [-0.2, 0) is 0 Å². The van der Waals surface area contributed by atoms with E-state index >= 15 is 0 Å². The summed E-state index contributed by atoms with van der Waals surface area (Å²) in [5, 5.41) is 44.8. The molecule has 152 valence electrons. The number of phenols is 4. The Hall–Kier alpha value is -3.45. The van der Waals surface area contributed by atoms with Crippen LogP contribution >= 0.6 is 0 Å². The van der Waals surface area contributed by atoms with Crippen molar-refractivity contribution in [3.8, 4) is 34.1 Å². The van der Waals surface area contributed by atoms with Crippen LogP contribution in [0.5, 0.6) is 23.0 Å². The summed E-state index contributed by atoms with van der Waals surface area (Å²) in [6, 6.07) is 21.5. The minimum atomic E-state index is -0.671. The topological polar surface area (TPSA) is 80.9 Å². The summed E-state index contributed by atoms with van der Waals surface area (Å²) >= 11 is -0.671. The monoisotopic (exact) mass is 519 g/mol. The van der Waals surface area contributed by atoms with E-state index in [1.807, 2.05) is 24.3 Å². The Morgan fingerprint density at radius 1 is 0.387 bits per heavy atom. The average molecular weight is 519 g/mol. The van der Waals surface area contributed by atoms with Crippen LogP contribution in [0.1, 0.15) is 11.1 Å². The van der Waals surface area contributed by atoms with E-state index in [-0.39, 0.29) is 23.0 Å². The predicted molar refractivity (Wildman–Crippen MR) is 113 cm³/mol. The van der Waals surface area contributed by atoms with E-state index in [4.69, 9.17) is 0 Å². The second kappa shape index (κ2) is 6.52. The Bertz CT molecular complexity index is 1530. The third-order valence-electron chi connectivity index (χ3n) is 5.73. The average Bonchev–Trinajstić information content (AvgIpc) is 2.97. The molecule has 4 N–H and O–H groups in total. The summed E-state index contributed by atoms with van der Waals surface area (Å²) in [5.74, 6) is 0.675. The summed E-state index contributed by atoms with van der Waals surface area (Å²) in [6.45, 7) is 0. The molecule has 0 spiro atoms. The first-order valence-corrected chi connectivity index (χ1v) is 11.9.